The minimum Gasteiger partial charge on any atom is -0.345 e. The zero-order valence-electron chi connectivity index (χ0n) is 10.2. The molecule has 0 aliphatic heterocycles. The first kappa shape index (κ1) is 14.0. The lowest BCUT2D eigenvalue weighted by Gasteiger charge is -2.08. The Bertz CT molecular complexity index is 582. The molecule has 2 rings (SSSR count). The zero-order chi connectivity index (χ0) is 14.6. The third kappa shape index (κ3) is 3.53. The Hall–Kier alpha value is -2.44. The van der Waals surface area contributed by atoms with E-state index < -0.39 is 17.6 Å². The molecule has 0 atom stereocenters. The molecule has 20 heavy (non-hydrogen) atoms. The molecule has 0 bridgehead atoms. The normalized spacial score (nSPS) is 11.2. The molecule has 0 spiro atoms. The molecule has 0 aliphatic rings. The Balaban J connectivity index is 1.99. The Kier molecular flexibility index (Phi) is 3.97. The highest BCUT2D eigenvalue weighted by Gasteiger charge is 2.30. The maximum atomic E-state index is 12.4. The van der Waals surface area contributed by atoms with E-state index in [-0.39, 0.29) is 12.1 Å². The van der Waals surface area contributed by atoms with Crippen LogP contribution in [0.1, 0.15) is 21.7 Å². The van der Waals surface area contributed by atoms with E-state index >= 15 is 0 Å². The van der Waals surface area contributed by atoms with E-state index in [2.05, 4.69) is 15.3 Å². The van der Waals surface area contributed by atoms with Crippen LogP contribution >= 0.6 is 0 Å². The Morgan fingerprint density at radius 1 is 1.10 bits per heavy atom. The van der Waals surface area contributed by atoms with Crippen LogP contribution in [-0.2, 0) is 12.7 Å². The lowest BCUT2D eigenvalue weighted by Crippen LogP contribution is -2.23. The SMILES string of the molecule is O=C(NCc1ncccn1)c1ccc(C(F)(F)F)cc1. The molecular weight excluding hydrogens is 271 g/mol. The summed E-state index contributed by atoms with van der Waals surface area (Å²) >= 11 is 0. The molecule has 7 heteroatoms. The summed E-state index contributed by atoms with van der Waals surface area (Å²) in [5, 5.41) is 2.53. The molecule has 1 N–H and O–H groups in total. The molecule has 2 aromatic rings. The number of aromatic nitrogens is 2. The second-order valence-electron chi connectivity index (χ2n) is 3.92. The summed E-state index contributed by atoms with van der Waals surface area (Å²) in [5.74, 6) is -0.0565. The second-order valence-corrected chi connectivity index (χ2v) is 3.92. The van der Waals surface area contributed by atoms with E-state index in [1.54, 1.807) is 6.07 Å². The third-order valence-electron chi connectivity index (χ3n) is 2.50. The second kappa shape index (κ2) is 5.68. The summed E-state index contributed by atoms with van der Waals surface area (Å²) in [7, 11) is 0. The van der Waals surface area contributed by atoms with Gasteiger partial charge in [-0.05, 0) is 30.3 Å². The van der Waals surface area contributed by atoms with Gasteiger partial charge in [0.15, 0.2) is 0 Å². The van der Waals surface area contributed by atoms with Crippen molar-refractivity contribution in [1.29, 1.82) is 0 Å². The van der Waals surface area contributed by atoms with Gasteiger partial charge in [-0.1, -0.05) is 0 Å². The van der Waals surface area contributed by atoms with Crippen molar-refractivity contribution in [1.82, 2.24) is 15.3 Å². The topological polar surface area (TPSA) is 54.9 Å². The number of halogens is 3. The van der Waals surface area contributed by atoms with Gasteiger partial charge in [-0.15, -0.1) is 0 Å². The quantitative estimate of drug-likeness (QED) is 0.940. The van der Waals surface area contributed by atoms with Crippen LogP contribution in [0, 0.1) is 0 Å². The molecule has 104 valence electrons. The van der Waals surface area contributed by atoms with Gasteiger partial charge < -0.3 is 5.32 Å². The Labute approximate surface area is 112 Å². The van der Waals surface area contributed by atoms with Gasteiger partial charge in [-0.3, -0.25) is 4.79 Å². The first-order chi connectivity index (χ1) is 9.47. The van der Waals surface area contributed by atoms with Crippen molar-refractivity contribution in [2.45, 2.75) is 12.7 Å². The van der Waals surface area contributed by atoms with Gasteiger partial charge in [0, 0.05) is 18.0 Å². The highest BCUT2D eigenvalue weighted by atomic mass is 19.4. The van der Waals surface area contributed by atoms with E-state index in [1.807, 2.05) is 0 Å². The summed E-state index contributed by atoms with van der Waals surface area (Å²) in [6.45, 7) is 0.112. The molecule has 0 saturated heterocycles. The molecule has 0 aliphatic carbocycles. The number of carbonyl (C=O) groups is 1. The van der Waals surface area contributed by atoms with Gasteiger partial charge >= 0.3 is 6.18 Å². The van der Waals surface area contributed by atoms with Crippen LogP contribution in [0.25, 0.3) is 0 Å². The van der Waals surface area contributed by atoms with Gasteiger partial charge in [0.2, 0.25) is 0 Å². The Morgan fingerprint density at radius 2 is 1.70 bits per heavy atom. The number of amides is 1. The number of alkyl halides is 3. The van der Waals surface area contributed by atoms with E-state index in [9.17, 15) is 18.0 Å². The van der Waals surface area contributed by atoms with Gasteiger partial charge in [0.25, 0.3) is 5.91 Å². The summed E-state index contributed by atoms with van der Waals surface area (Å²) in [6.07, 6.45) is -1.34. The number of carbonyl (C=O) groups excluding carboxylic acids is 1. The molecule has 0 fully saturated rings. The predicted molar refractivity (Wildman–Crippen MR) is 64.6 cm³/mol. The number of nitrogens with one attached hydrogen (secondary N) is 1. The lowest BCUT2D eigenvalue weighted by atomic mass is 10.1. The highest BCUT2D eigenvalue weighted by Crippen LogP contribution is 2.28. The van der Waals surface area contributed by atoms with Crippen molar-refractivity contribution in [3.63, 3.8) is 0 Å². The standard InChI is InChI=1S/C13H10F3N3O/c14-13(15,16)10-4-2-9(3-5-10)12(20)19-8-11-17-6-1-7-18-11/h1-7H,8H2,(H,19,20). The van der Waals surface area contributed by atoms with Gasteiger partial charge in [0.1, 0.15) is 5.82 Å². The van der Waals surface area contributed by atoms with Gasteiger partial charge in [-0.2, -0.15) is 13.2 Å². The van der Waals surface area contributed by atoms with Crippen molar-refractivity contribution in [3.8, 4) is 0 Å². The monoisotopic (exact) mass is 281 g/mol. The average Bonchev–Trinajstić information content (AvgIpc) is 2.45. The van der Waals surface area contributed by atoms with Crippen LogP contribution in [0.5, 0.6) is 0 Å². The van der Waals surface area contributed by atoms with E-state index in [0.29, 0.717) is 5.82 Å². The van der Waals surface area contributed by atoms with Crippen LogP contribution in [-0.4, -0.2) is 15.9 Å². The van der Waals surface area contributed by atoms with Crippen LogP contribution in [0.2, 0.25) is 0 Å². The third-order valence-corrected chi connectivity index (χ3v) is 2.50. The Morgan fingerprint density at radius 3 is 2.25 bits per heavy atom. The largest absolute Gasteiger partial charge is 0.416 e. The summed E-state index contributed by atoms with van der Waals surface area (Å²) in [4.78, 5) is 19.6. The molecule has 0 saturated carbocycles. The smallest absolute Gasteiger partial charge is 0.345 e. The fraction of sp³-hybridized carbons (Fsp3) is 0.154. The maximum absolute atomic E-state index is 12.4. The molecular formula is C13H10F3N3O. The summed E-state index contributed by atoms with van der Waals surface area (Å²) < 4.78 is 37.1. The number of hydrogen-bond donors (Lipinski definition) is 1. The molecule has 1 aromatic heterocycles. The average molecular weight is 281 g/mol. The zero-order valence-corrected chi connectivity index (χ0v) is 10.2. The molecule has 4 nitrogen and oxygen atoms in total. The predicted octanol–water partition coefficient (Wildman–Crippen LogP) is 2.43. The van der Waals surface area contributed by atoms with Crippen molar-refractivity contribution < 1.29 is 18.0 Å². The van der Waals surface area contributed by atoms with E-state index in [0.717, 1.165) is 24.3 Å². The minimum absolute atomic E-state index is 0.112. The summed E-state index contributed by atoms with van der Waals surface area (Å²) in [6, 6.07) is 5.64. The molecule has 1 heterocycles. The van der Waals surface area contributed by atoms with Crippen LogP contribution < -0.4 is 5.32 Å². The van der Waals surface area contributed by atoms with Crippen molar-refractivity contribution in [3.05, 3.63) is 59.7 Å². The van der Waals surface area contributed by atoms with Crippen molar-refractivity contribution >= 4 is 5.91 Å². The fourth-order valence-corrected chi connectivity index (χ4v) is 1.49. The number of hydrogen-bond acceptors (Lipinski definition) is 3. The lowest BCUT2D eigenvalue weighted by molar-refractivity contribution is -0.137. The molecule has 1 aromatic carbocycles. The first-order valence-electron chi connectivity index (χ1n) is 5.68. The molecule has 1 amide bonds. The van der Waals surface area contributed by atoms with Crippen LogP contribution in [0.3, 0.4) is 0 Å². The number of rotatable bonds is 3. The number of benzene rings is 1. The maximum Gasteiger partial charge on any atom is 0.416 e. The molecule has 0 radical (unpaired) electrons. The molecule has 0 unspecified atom stereocenters. The van der Waals surface area contributed by atoms with Gasteiger partial charge in [-0.25, -0.2) is 9.97 Å². The van der Waals surface area contributed by atoms with Crippen molar-refractivity contribution in [2.24, 2.45) is 0 Å². The minimum atomic E-state index is -4.41. The van der Waals surface area contributed by atoms with E-state index in [4.69, 9.17) is 0 Å². The van der Waals surface area contributed by atoms with Crippen LogP contribution in [0.4, 0.5) is 13.2 Å². The fourth-order valence-electron chi connectivity index (χ4n) is 1.49. The first-order valence-corrected chi connectivity index (χ1v) is 5.68. The highest BCUT2D eigenvalue weighted by molar-refractivity contribution is 5.94. The number of nitrogens with zero attached hydrogens (tertiary/aromatic N) is 2. The van der Waals surface area contributed by atoms with Gasteiger partial charge in [0.05, 0.1) is 12.1 Å². The van der Waals surface area contributed by atoms with E-state index in [1.165, 1.54) is 12.4 Å². The summed E-state index contributed by atoms with van der Waals surface area (Å²) in [5.41, 5.74) is -0.644. The van der Waals surface area contributed by atoms with Crippen LogP contribution in [0.15, 0.2) is 42.7 Å². The van der Waals surface area contributed by atoms with Crippen molar-refractivity contribution in [2.75, 3.05) is 0 Å².